The van der Waals surface area contributed by atoms with Gasteiger partial charge in [-0.25, -0.2) is 17.2 Å². The highest BCUT2D eigenvalue weighted by Crippen LogP contribution is 2.27. The van der Waals surface area contributed by atoms with Gasteiger partial charge in [-0.05, 0) is 37.3 Å². The number of hydrogen-bond acceptors (Lipinski definition) is 4. The quantitative estimate of drug-likeness (QED) is 0.775. The monoisotopic (exact) mass is 404 g/mol. The Morgan fingerprint density at radius 1 is 1.19 bits per heavy atom. The van der Waals surface area contributed by atoms with Crippen LogP contribution in [-0.2, 0) is 14.8 Å². The van der Waals surface area contributed by atoms with Gasteiger partial charge in [-0.3, -0.25) is 4.79 Å². The maximum Gasteiger partial charge on any atom is 0.245 e. The first-order valence-electron chi connectivity index (χ1n) is 7.26. The summed E-state index contributed by atoms with van der Waals surface area (Å²) in [7, 11) is -2.87. The number of methoxy groups -OCH3 is 1. The fourth-order valence-electron chi connectivity index (χ4n) is 2.04. The lowest BCUT2D eigenvalue weighted by Crippen LogP contribution is -2.41. The third kappa shape index (κ3) is 4.69. The van der Waals surface area contributed by atoms with E-state index in [4.69, 9.17) is 16.3 Å². The number of rotatable bonds is 6. The molecule has 0 saturated carbocycles. The van der Waals surface area contributed by atoms with Gasteiger partial charge in [-0.15, -0.1) is 0 Å². The van der Waals surface area contributed by atoms with E-state index in [1.807, 2.05) is 0 Å². The molecule has 140 valence electrons. The van der Waals surface area contributed by atoms with Crippen LogP contribution in [0, 0.1) is 11.6 Å². The molecule has 6 nitrogen and oxygen atoms in total. The SMILES string of the molecule is COc1ccc(Cl)cc1S(=O)(=O)N[C@H](C)C(=O)Nc1ccc(F)cc1F. The van der Waals surface area contributed by atoms with Gasteiger partial charge >= 0.3 is 0 Å². The molecule has 0 aliphatic rings. The average molecular weight is 405 g/mol. The maximum atomic E-state index is 13.6. The van der Waals surface area contributed by atoms with E-state index < -0.39 is 33.6 Å². The number of sulfonamides is 1. The molecule has 0 radical (unpaired) electrons. The van der Waals surface area contributed by atoms with Crippen molar-refractivity contribution >= 4 is 33.2 Å². The van der Waals surface area contributed by atoms with Gasteiger partial charge in [0.05, 0.1) is 18.8 Å². The zero-order valence-electron chi connectivity index (χ0n) is 13.7. The first-order valence-corrected chi connectivity index (χ1v) is 9.12. The zero-order valence-corrected chi connectivity index (χ0v) is 15.3. The van der Waals surface area contributed by atoms with E-state index in [2.05, 4.69) is 10.0 Å². The number of ether oxygens (including phenoxy) is 1. The summed E-state index contributed by atoms with van der Waals surface area (Å²) in [6, 6.07) is 5.33. The lowest BCUT2D eigenvalue weighted by molar-refractivity contribution is -0.117. The third-order valence-corrected chi connectivity index (χ3v) is 5.13. The average Bonchev–Trinajstić information content (AvgIpc) is 2.56. The second kappa shape index (κ2) is 7.98. The van der Waals surface area contributed by atoms with Gasteiger partial charge in [0.1, 0.15) is 22.3 Å². The Hall–Kier alpha value is -2.23. The number of carbonyl (C=O) groups excluding carboxylic acids is 1. The topological polar surface area (TPSA) is 84.5 Å². The molecule has 0 saturated heterocycles. The van der Waals surface area contributed by atoms with Crippen molar-refractivity contribution in [3.05, 3.63) is 53.1 Å². The van der Waals surface area contributed by atoms with Crippen LogP contribution in [0.15, 0.2) is 41.3 Å². The summed E-state index contributed by atoms with van der Waals surface area (Å²) in [4.78, 5) is 11.9. The number of halogens is 3. The van der Waals surface area contributed by atoms with Crippen LogP contribution >= 0.6 is 11.6 Å². The molecule has 1 atom stereocenters. The van der Waals surface area contributed by atoms with Crippen LogP contribution in [0.4, 0.5) is 14.5 Å². The molecule has 2 N–H and O–H groups in total. The molecule has 2 aromatic carbocycles. The fraction of sp³-hybridized carbons (Fsp3) is 0.188. The van der Waals surface area contributed by atoms with Crippen molar-refractivity contribution in [2.24, 2.45) is 0 Å². The summed E-state index contributed by atoms with van der Waals surface area (Å²) in [5.74, 6) is -2.58. The van der Waals surface area contributed by atoms with Gasteiger partial charge in [0, 0.05) is 11.1 Å². The largest absolute Gasteiger partial charge is 0.495 e. The van der Waals surface area contributed by atoms with Crippen molar-refractivity contribution in [2.75, 3.05) is 12.4 Å². The maximum absolute atomic E-state index is 13.6. The number of hydrogen-bond donors (Lipinski definition) is 2. The molecule has 0 spiro atoms. The van der Waals surface area contributed by atoms with Gasteiger partial charge in [0.15, 0.2) is 0 Å². The molecule has 0 aliphatic carbocycles. The van der Waals surface area contributed by atoms with E-state index in [-0.39, 0.29) is 21.4 Å². The molecule has 0 aromatic heterocycles. The van der Waals surface area contributed by atoms with Crippen LogP contribution in [0.1, 0.15) is 6.92 Å². The Morgan fingerprint density at radius 3 is 2.50 bits per heavy atom. The number of benzene rings is 2. The molecule has 0 aliphatic heterocycles. The molecule has 2 aromatic rings. The van der Waals surface area contributed by atoms with Crippen molar-refractivity contribution < 1.29 is 26.7 Å². The summed E-state index contributed by atoms with van der Waals surface area (Å²) in [6.07, 6.45) is 0. The Morgan fingerprint density at radius 2 is 1.88 bits per heavy atom. The second-order valence-corrected chi connectivity index (χ2v) is 7.37. The molecule has 26 heavy (non-hydrogen) atoms. The first-order chi connectivity index (χ1) is 12.1. The van der Waals surface area contributed by atoms with E-state index in [0.29, 0.717) is 6.07 Å². The Labute approximate surface area is 154 Å². The van der Waals surface area contributed by atoms with E-state index in [9.17, 15) is 22.0 Å². The summed E-state index contributed by atoms with van der Waals surface area (Å²) < 4.78 is 58.6. The van der Waals surface area contributed by atoms with Crippen LogP contribution < -0.4 is 14.8 Å². The number of amides is 1. The smallest absolute Gasteiger partial charge is 0.245 e. The van der Waals surface area contributed by atoms with Crippen molar-refractivity contribution in [1.82, 2.24) is 4.72 Å². The molecule has 0 fully saturated rings. The summed E-state index contributed by atoms with van der Waals surface area (Å²) >= 11 is 5.82. The summed E-state index contributed by atoms with van der Waals surface area (Å²) in [6.45, 7) is 1.27. The summed E-state index contributed by atoms with van der Waals surface area (Å²) in [5.41, 5.74) is -0.275. The van der Waals surface area contributed by atoms with Crippen LogP contribution in [0.25, 0.3) is 0 Å². The lowest BCUT2D eigenvalue weighted by atomic mass is 10.2. The minimum Gasteiger partial charge on any atom is -0.495 e. The van der Waals surface area contributed by atoms with Crippen LogP contribution in [0.2, 0.25) is 5.02 Å². The van der Waals surface area contributed by atoms with Crippen molar-refractivity contribution in [2.45, 2.75) is 17.9 Å². The number of carbonyl (C=O) groups is 1. The highest BCUT2D eigenvalue weighted by molar-refractivity contribution is 7.89. The molecule has 0 heterocycles. The van der Waals surface area contributed by atoms with Gasteiger partial charge in [0.25, 0.3) is 0 Å². The van der Waals surface area contributed by atoms with Crippen LogP contribution in [0.5, 0.6) is 5.75 Å². The third-order valence-electron chi connectivity index (χ3n) is 3.33. The molecule has 1 amide bonds. The summed E-state index contributed by atoms with van der Waals surface area (Å²) in [5, 5.41) is 2.35. The standard InChI is InChI=1S/C16H15ClF2N2O4S/c1-9(16(22)20-13-5-4-11(18)8-12(13)19)21-26(23,24)15-7-10(17)3-6-14(15)25-2/h3-9,21H,1-2H3,(H,20,22)/t9-/m1/s1. The highest BCUT2D eigenvalue weighted by Gasteiger charge is 2.26. The van der Waals surface area contributed by atoms with E-state index in [1.165, 1.54) is 32.2 Å². The Kier molecular flexibility index (Phi) is 6.17. The van der Waals surface area contributed by atoms with Crippen LogP contribution in [-0.4, -0.2) is 27.5 Å². The van der Waals surface area contributed by atoms with Crippen LogP contribution in [0.3, 0.4) is 0 Å². The van der Waals surface area contributed by atoms with Crippen molar-refractivity contribution in [3.8, 4) is 5.75 Å². The van der Waals surface area contributed by atoms with Gasteiger partial charge in [-0.1, -0.05) is 11.6 Å². The van der Waals surface area contributed by atoms with Crippen molar-refractivity contribution in [1.29, 1.82) is 0 Å². The normalized spacial score (nSPS) is 12.5. The van der Waals surface area contributed by atoms with E-state index in [1.54, 1.807) is 0 Å². The van der Waals surface area contributed by atoms with E-state index >= 15 is 0 Å². The Bertz CT molecular complexity index is 938. The lowest BCUT2D eigenvalue weighted by Gasteiger charge is -2.16. The molecule has 0 unspecified atom stereocenters. The first kappa shape index (κ1) is 20.1. The van der Waals surface area contributed by atoms with Crippen molar-refractivity contribution in [3.63, 3.8) is 0 Å². The Balaban J connectivity index is 2.18. The van der Waals surface area contributed by atoms with E-state index in [0.717, 1.165) is 12.1 Å². The zero-order chi connectivity index (χ0) is 19.5. The number of anilines is 1. The van der Waals surface area contributed by atoms with Gasteiger partial charge in [-0.2, -0.15) is 4.72 Å². The second-order valence-electron chi connectivity index (χ2n) is 5.25. The molecule has 10 heteroatoms. The minimum atomic E-state index is -4.15. The molecular formula is C16H15ClF2N2O4S. The van der Waals surface area contributed by atoms with Gasteiger partial charge < -0.3 is 10.1 Å². The molecule has 2 rings (SSSR count). The molecular weight excluding hydrogens is 390 g/mol. The predicted molar refractivity (Wildman–Crippen MR) is 92.8 cm³/mol. The highest BCUT2D eigenvalue weighted by atomic mass is 35.5. The fourth-order valence-corrected chi connectivity index (χ4v) is 3.68. The minimum absolute atomic E-state index is 0.0408. The number of nitrogens with one attached hydrogen (secondary N) is 2. The molecule has 0 bridgehead atoms. The predicted octanol–water partition coefficient (Wildman–Crippen LogP) is 2.93. The van der Waals surface area contributed by atoms with Gasteiger partial charge in [0.2, 0.25) is 15.9 Å².